The van der Waals surface area contributed by atoms with Gasteiger partial charge in [-0.25, -0.2) is 4.39 Å². The number of aromatic nitrogens is 1. The third-order valence-electron chi connectivity index (χ3n) is 4.41. The Morgan fingerprint density at radius 2 is 2.00 bits per heavy atom. The molecule has 1 amide bonds. The molecule has 5 nitrogen and oxygen atoms in total. The molecule has 1 aliphatic rings. The number of nitrogens with zero attached hydrogens (tertiary/aromatic N) is 1. The van der Waals surface area contributed by atoms with Crippen molar-refractivity contribution in [2.45, 2.75) is 19.4 Å². The number of para-hydroxylation sites is 1. The standard InChI is InChI=1S/C20H17FN2O3/c1-12-18(19(23-26-12)13-6-8-15(21)9-7-13)20(24)22-11-16-10-14-4-2-3-5-17(14)25-16/h2-9,16H,10-11H2,1H3,(H,22,24)/t16-/m1/s1. The molecule has 0 saturated heterocycles. The van der Waals surface area contributed by atoms with Gasteiger partial charge in [0.25, 0.3) is 5.91 Å². The zero-order valence-electron chi connectivity index (χ0n) is 14.2. The normalized spacial score (nSPS) is 15.4. The molecule has 2 aromatic carbocycles. The van der Waals surface area contributed by atoms with Gasteiger partial charge in [0.1, 0.15) is 34.7 Å². The second-order valence-corrected chi connectivity index (χ2v) is 6.23. The van der Waals surface area contributed by atoms with Crippen LogP contribution in [0.5, 0.6) is 5.75 Å². The fourth-order valence-corrected chi connectivity index (χ4v) is 3.11. The topological polar surface area (TPSA) is 64.4 Å². The number of aryl methyl sites for hydroxylation is 1. The van der Waals surface area contributed by atoms with Crippen LogP contribution in [0.4, 0.5) is 4.39 Å². The van der Waals surface area contributed by atoms with Crippen LogP contribution in [-0.2, 0) is 6.42 Å². The summed E-state index contributed by atoms with van der Waals surface area (Å²) in [5, 5.41) is 6.85. The third kappa shape index (κ3) is 3.06. The third-order valence-corrected chi connectivity index (χ3v) is 4.41. The average Bonchev–Trinajstić information content (AvgIpc) is 3.23. The molecular weight excluding hydrogens is 335 g/mol. The molecule has 0 aliphatic carbocycles. The lowest BCUT2D eigenvalue weighted by molar-refractivity contribution is 0.0932. The van der Waals surface area contributed by atoms with Crippen molar-refractivity contribution in [1.29, 1.82) is 0 Å². The van der Waals surface area contributed by atoms with Crippen LogP contribution in [0.25, 0.3) is 11.3 Å². The fourth-order valence-electron chi connectivity index (χ4n) is 3.11. The van der Waals surface area contributed by atoms with Gasteiger partial charge in [-0.1, -0.05) is 23.4 Å². The molecule has 2 heterocycles. The van der Waals surface area contributed by atoms with Crippen molar-refractivity contribution in [2.24, 2.45) is 0 Å². The van der Waals surface area contributed by atoms with Crippen LogP contribution in [0.1, 0.15) is 21.7 Å². The number of hydrogen-bond donors (Lipinski definition) is 1. The van der Waals surface area contributed by atoms with Crippen molar-refractivity contribution in [3.63, 3.8) is 0 Å². The highest BCUT2D eigenvalue weighted by Crippen LogP contribution is 2.28. The molecule has 0 unspecified atom stereocenters. The first-order valence-electron chi connectivity index (χ1n) is 8.37. The van der Waals surface area contributed by atoms with E-state index in [-0.39, 0.29) is 17.8 Å². The number of halogens is 1. The van der Waals surface area contributed by atoms with Gasteiger partial charge in [-0.2, -0.15) is 0 Å². The molecule has 0 spiro atoms. The van der Waals surface area contributed by atoms with Crippen molar-refractivity contribution in [2.75, 3.05) is 6.54 Å². The van der Waals surface area contributed by atoms with E-state index in [0.29, 0.717) is 29.1 Å². The van der Waals surface area contributed by atoms with Crippen LogP contribution in [0, 0.1) is 12.7 Å². The van der Waals surface area contributed by atoms with Crippen molar-refractivity contribution >= 4 is 5.91 Å². The summed E-state index contributed by atoms with van der Waals surface area (Å²) in [4.78, 5) is 12.7. The van der Waals surface area contributed by atoms with Crippen molar-refractivity contribution in [3.8, 4) is 17.0 Å². The lowest BCUT2D eigenvalue weighted by Crippen LogP contribution is -2.34. The van der Waals surface area contributed by atoms with Crippen LogP contribution >= 0.6 is 0 Å². The van der Waals surface area contributed by atoms with E-state index in [1.807, 2.05) is 24.3 Å². The quantitative estimate of drug-likeness (QED) is 0.780. The minimum absolute atomic E-state index is 0.106. The largest absolute Gasteiger partial charge is 0.488 e. The maximum Gasteiger partial charge on any atom is 0.257 e. The summed E-state index contributed by atoms with van der Waals surface area (Å²) < 4.78 is 24.2. The van der Waals surface area contributed by atoms with Gasteiger partial charge < -0.3 is 14.6 Å². The molecule has 0 bridgehead atoms. The summed E-state index contributed by atoms with van der Waals surface area (Å²) in [5.41, 5.74) is 2.51. The van der Waals surface area contributed by atoms with Gasteiger partial charge in [-0.3, -0.25) is 4.79 Å². The number of rotatable bonds is 4. The number of nitrogens with one attached hydrogen (secondary N) is 1. The van der Waals surface area contributed by atoms with E-state index in [4.69, 9.17) is 9.26 Å². The molecule has 26 heavy (non-hydrogen) atoms. The first-order chi connectivity index (χ1) is 12.6. The molecule has 1 N–H and O–H groups in total. The molecule has 0 fully saturated rings. The molecule has 132 valence electrons. The number of benzene rings is 2. The zero-order valence-corrected chi connectivity index (χ0v) is 14.2. The van der Waals surface area contributed by atoms with Crippen LogP contribution in [0.2, 0.25) is 0 Å². The van der Waals surface area contributed by atoms with E-state index < -0.39 is 0 Å². The highest BCUT2D eigenvalue weighted by molar-refractivity contribution is 6.00. The molecule has 0 radical (unpaired) electrons. The highest BCUT2D eigenvalue weighted by atomic mass is 19.1. The Labute approximate surface area is 149 Å². The second-order valence-electron chi connectivity index (χ2n) is 6.23. The number of hydrogen-bond acceptors (Lipinski definition) is 4. The number of carbonyl (C=O) groups is 1. The average molecular weight is 352 g/mol. The van der Waals surface area contributed by atoms with Crippen molar-refractivity contribution in [3.05, 3.63) is 71.2 Å². The maximum atomic E-state index is 13.1. The van der Waals surface area contributed by atoms with E-state index in [2.05, 4.69) is 10.5 Å². The van der Waals surface area contributed by atoms with Crippen LogP contribution < -0.4 is 10.1 Å². The van der Waals surface area contributed by atoms with E-state index in [1.54, 1.807) is 19.1 Å². The van der Waals surface area contributed by atoms with Crippen LogP contribution in [0.3, 0.4) is 0 Å². The summed E-state index contributed by atoms with van der Waals surface area (Å²) in [6.07, 6.45) is 0.648. The Bertz CT molecular complexity index is 925. The highest BCUT2D eigenvalue weighted by Gasteiger charge is 2.25. The minimum atomic E-state index is -0.349. The van der Waals surface area contributed by atoms with E-state index in [9.17, 15) is 9.18 Å². The van der Waals surface area contributed by atoms with E-state index in [0.717, 1.165) is 17.7 Å². The first kappa shape index (κ1) is 16.3. The maximum absolute atomic E-state index is 13.1. The smallest absolute Gasteiger partial charge is 0.257 e. The Kier molecular flexibility index (Phi) is 4.16. The number of carbonyl (C=O) groups excluding carboxylic acids is 1. The Balaban J connectivity index is 1.47. The monoisotopic (exact) mass is 352 g/mol. The first-order valence-corrected chi connectivity index (χ1v) is 8.37. The Morgan fingerprint density at radius 3 is 2.77 bits per heavy atom. The van der Waals surface area contributed by atoms with Crippen molar-refractivity contribution in [1.82, 2.24) is 10.5 Å². The number of fused-ring (bicyclic) bond motifs is 1. The summed E-state index contributed by atoms with van der Waals surface area (Å²) in [6, 6.07) is 13.6. The van der Waals surface area contributed by atoms with Gasteiger partial charge in [-0.15, -0.1) is 0 Å². The second kappa shape index (κ2) is 6.63. The molecule has 1 atom stereocenters. The van der Waals surface area contributed by atoms with Gasteiger partial charge in [0.15, 0.2) is 0 Å². The molecule has 6 heteroatoms. The molecule has 0 saturated carbocycles. The molecular formula is C20H17FN2O3. The van der Waals surface area contributed by atoms with Crippen molar-refractivity contribution < 1.29 is 18.4 Å². The van der Waals surface area contributed by atoms with Gasteiger partial charge in [0.2, 0.25) is 0 Å². The van der Waals surface area contributed by atoms with E-state index in [1.165, 1.54) is 12.1 Å². The number of amides is 1. The van der Waals surface area contributed by atoms with Crippen LogP contribution in [0.15, 0.2) is 53.1 Å². The molecule has 1 aromatic heterocycles. The molecule has 4 rings (SSSR count). The summed E-state index contributed by atoms with van der Waals surface area (Å²) in [5.74, 6) is 0.637. The zero-order chi connectivity index (χ0) is 18.1. The molecule has 1 aliphatic heterocycles. The summed E-state index contributed by atoms with van der Waals surface area (Å²) in [6.45, 7) is 2.05. The van der Waals surface area contributed by atoms with Crippen LogP contribution in [-0.4, -0.2) is 23.7 Å². The SMILES string of the molecule is Cc1onc(-c2ccc(F)cc2)c1C(=O)NC[C@H]1Cc2ccccc2O1. The van der Waals surface area contributed by atoms with Gasteiger partial charge in [0, 0.05) is 12.0 Å². The van der Waals surface area contributed by atoms with E-state index >= 15 is 0 Å². The van der Waals surface area contributed by atoms with Gasteiger partial charge in [-0.05, 0) is 42.8 Å². The predicted molar refractivity (Wildman–Crippen MR) is 93.5 cm³/mol. The summed E-state index contributed by atoms with van der Waals surface area (Å²) >= 11 is 0. The Hall–Kier alpha value is -3.15. The lowest BCUT2D eigenvalue weighted by Gasteiger charge is -2.12. The van der Waals surface area contributed by atoms with Gasteiger partial charge >= 0.3 is 0 Å². The Morgan fingerprint density at radius 1 is 1.23 bits per heavy atom. The fraction of sp³-hybridized carbons (Fsp3) is 0.200. The summed E-state index contributed by atoms with van der Waals surface area (Å²) in [7, 11) is 0. The number of ether oxygens (including phenoxy) is 1. The predicted octanol–water partition coefficient (Wildman–Crippen LogP) is 3.52. The molecule has 3 aromatic rings. The minimum Gasteiger partial charge on any atom is -0.488 e. The van der Waals surface area contributed by atoms with Gasteiger partial charge in [0.05, 0.1) is 6.54 Å². The lowest BCUT2D eigenvalue weighted by atomic mass is 10.1.